The van der Waals surface area contributed by atoms with Gasteiger partial charge in [0.05, 0.1) is 5.69 Å². The number of hydrogen-bond acceptors (Lipinski definition) is 6. The van der Waals surface area contributed by atoms with Crippen molar-refractivity contribution in [3.8, 4) is 0 Å². The largest absolute Gasteiger partial charge is 0.342 e. The molecule has 2 aromatic heterocycles. The van der Waals surface area contributed by atoms with E-state index in [1.54, 1.807) is 18.5 Å². The van der Waals surface area contributed by atoms with Crippen molar-refractivity contribution in [2.45, 2.75) is 39.0 Å². The van der Waals surface area contributed by atoms with Crippen LogP contribution < -0.4 is 5.32 Å². The Morgan fingerprint density at radius 2 is 2.12 bits per heavy atom. The molecular weight excluding hydrogens is 304 g/mol. The van der Waals surface area contributed by atoms with Crippen molar-refractivity contribution < 1.29 is 4.79 Å². The zero-order valence-corrected chi connectivity index (χ0v) is 14.1. The zero-order chi connectivity index (χ0) is 16.9. The number of piperidine rings is 1. The molecule has 7 nitrogen and oxygen atoms in total. The van der Waals surface area contributed by atoms with Crippen LogP contribution in [0.15, 0.2) is 24.5 Å². The van der Waals surface area contributed by atoms with E-state index in [9.17, 15) is 4.79 Å². The maximum absolute atomic E-state index is 12.0. The van der Waals surface area contributed by atoms with E-state index in [0.717, 1.165) is 31.6 Å². The molecule has 1 saturated heterocycles. The van der Waals surface area contributed by atoms with Crippen molar-refractivity contribution in [1.29, 1.82) is 0 Å². The van der Waals surface area contributed by atoms with E-state index < -0.39 is 0 Å². The molecule has 1 amide bonds. The lowest BCUT2D eigenvalue weighted by Gasteiger charge is -2.32. The fourth-order valence-corrected chi connectivity index (χ4v) is 3.01. The first-order chi connectivity index (χ1) is 11.7. The smallest absolute Gasteiger partial charge is 0.228 e. The second kappa shape index (κ2) is 7.33. The summed E-state index contributed by atoms with van der Waals surface area (Å²) < 4.78 is 0. The Balaban J connectivity index is 1.79. The fraction of sp³-hybridized carbons (Fsp3) is 0.471. The Morgan fingerprint density at radius 1 is 1.33 bits per heavy atom. The van der Waals surface area contributed by atoms with E-state index in [1.807, 2.05) is 24.8 Å². The predicted molar refractivity (Wildman–Crippen MR) is 90.9 cm³/mol. The Morgan fingerprint density at radius 3 is 2.88 bits per heavy atom. The first-order valence-corrected chi connectivity index (χ1v) is 8.33. The summed E-state index contributed by atoms with van der Waals surface area (Å²) in [5.74, 6) is 2.34. The monoisotopic (exact) mass is 326 g/mol. The van der Waals surface area contributed by atoms with Crippen molar-refractivity contribution >= 4 is 17.7 Å². The van der Waals surface area contributed by atoms with Gasteiger partial charge in [0.25, 0.3) is 0 Å². The van der Waals surface area contributed by atoms with Crippen molar-refractivity contribution in [3.05, 3.63) is 36.0 Å². The highest BCUT2D eigenvalue weighted by molar-refractivity contribution is 5.76. The number of nitrogens with one attached hydrogen (secondary N) is 1. The van der Waals surface area contributed by atoms with Crippen LogP contribution in [-0.2, 0) is 4.79 Å². The van der Waals surface area contributed by atoms with Gasteiger partial charge in [-0.1, -0.05) is 6.92 Å². The van der Waals surface area contributed by atoms with Crippen LogP contribution in [0.5, 0.6) is 0 Å². The van der Waals surface area contributed by atoms with Gasteiger partial charge in [-0.2, -0.15) is 0 Å². The lowest BCUT2D eigenvalue weighted by molar-refractivity contribution is -0.132. The number of amides is 1. The number of anilines is 2. The molecule has 7 heteroatoms. The van der Waals surface area contributed by atoms with Gasteiger partial charge >= 0.3 is 0 Å². The molecule has 126 valence electrons. The number of nitrogens with zero attached hydrogens (tertiary/aromatic N) is 5. The Bertz CT molecular complexity index is 705. The van der Waals surface area contributed by atoms with Gasteiger partial charge in [-0.25, -0.2) is 19.9 Å². The molecule has 0 aliphatic carbocycles. The maximum atomic E-state index is 12.0. The molecule has 1 aliphatic heterocycles. The molecule has 24 heavy (non-hydrogen) atoms. The van der Waals surface area contributed by atoms with E-state index in [1.165, 1.54) is 0 Å². The second-order valence-corrected chi connectivity index (χ2v) is 5.96. The van der Waals surface area contributed by atoms with Crippen LogP contribution in [0, 0.1) is 6.92 Å². The molecule has 3 heterocycles. The van der Waals surface area contributed by atoms with Gasteiger partial charge in [-0.15, -0.1) is 0 Å². The van der Waals surface area contributed by atoms with Crippen molar-refractivity contribution in [2.75, 3.05) is 18.4 Å². The molecule has 0 saturated carbocycles. The van der Waals surface area contributed by atoms with E-state index in [4.69, 9.17) is 0 Å². The Hall–Kier alpha value is -2.57. The molecule has 0 unspecified atom stereocenters. The summed E-state index contributed by atoms with van der Waals surface area (Å²) in [5.41, 5.74) is 0.967. The first kappa shape index (κ1) is 16.3. The van der Waals surface area contributed by atoms with Crippen molar-refractivity contribution in [2.24, 2.45) is 0 Å². The summed E-state index contributed by atoms with van der Waals surface area (Å²) in [5, 5.41) is 3.12. The molecule has 1 atom stereocenters. The molecular formula is C17H22N6O. The number of likely N-dealkylation sites (tertiary alicyclic amines) is 1. The molecule has 1 fully saturated rings. The first-order valence-electron chi connectivity index (χ1n) is 8.33. The van der Waals surface area contributed by atoms with Crippen molar-refractivity contribution in [3.63, 3.8) is 0 Å². The molecule has 0 radical (unpaired) electrons. The molecule has 0 bridgehead atoms. The highest BCUT2D eigenvalue weighted by Gasteiger charge is 2.25. The summed E-state index contributed by atoms with van der Waals surface area (Å²) in [6.07, 6.45) is 5.95. The average Bonchev–Trinajstić information content (AvgIpc) is 2.61. The molecule has 3 rings (SSSR count). The van der Waals surface area contributed by atoms with Gasteiger partial charge in [0.15, 0.2) is 0 Å². The third-order valence-corrected chi connectivity index (χ3v) is 4.16. The van der Waals surface area contributed by atoms with Crippen LogP contribution in [-0.4, -0.2) is 43.8 Å². The highest BCUT2D eigenvalue weighted by Crippen LogP contribution is 2.27. The summed E-state index contributed by atoms with van der Waals surface area (Å²) in [6, 6.07) is 3.71. The van der Waals surface area contributed by atoms with Crippen LogP contribution in [0.4, 0.5) is 11.8 Å². The third kappa shape index (κ3) is 3.84. The van der Waals surface area contributed by atoms with Gasteiger partial charge in [0.2, 0.25) is 11.9 Å². The number of aryl methyl sites for hydroxylation is 1. The zero-order valence-electron chi connectivity index (χ0n) is 14.1. The van der Waals surface area contributed by atoms with Crippen LogP contribution >= 0.6 is 0 Å². The molecule has 0 spiro atoms. The summed E-state index contributed by atoms with van der Waals surface area (Å²) in [6.45, 7) is 5.35. The lowest BCUT2D eigenvalue weighted by atomic mass is 9.94. The summed E-state index contributed by atoms with van der Waals surface area (Å²) >= 11 is 0. The van der Waals surface area contributed by atoms with Gasteiger partial charge in [-0.05, 0) is 25.8 Å². The van der Waals surface area contributed by atoms with Crippen LogP contribution in [0.3, 0.4) is 0 Å². The number of carbonyl (C=O) groups is 1. The Labute approximate surface area is 141 Å². The average molecular weight is 326 g/mol. The summed E-state index contributed by atoms with van der Waals surface area (Å²) in [4.78, 5) is 31.2. The highest BCUT2D eigenvalue weighted by atomic mass is 16.2. The summed E-state index contributed by atoms with van der Waals surface area (Å²) in [7, 11) is 0. The van der Waals surface area contributed by atoms with Gasteiger partial charge in [0, 0.05) is 43.9 Å². The van der Waals surface area contributed by atoms with E-state index >= 15 is 0 Å². The standard InChI is InChI=1S/C17H22N6O/c1-3-16(24)23-9-4-6-13(11-23)14-10-15(21-12(2)20-14)22-17-18-7-5-8-19-17/h5,7-8,10,13H,3-4,6,9,11H2,1-2H3,(H,18,19,20,21,22)/t13-/m0/s1. The quantitative estimate of drug-likeness (QED) is 0.929. The van der Waals surface area contributed by atoms with Crippen LogP contribution in [0.25, 0.3) is 0 Å². The van der Waals surface area contributed by atoms with Crippen molar-refractivity contribution in [1.82, 2.24) is 24.8 Å². The van der Waals surface area contributed by atoms with Crippen LogP contribution in [0.2, 0.25) is 0 Å². The van der Waals surface area contributed by atoms with E-state index in [2.05, 4.69) is 25.3 Å². The SMILES string of the molecule is CCC(=O)N1CCC[C@H](c2cc(Nc3ncccn3)nc(C)n2)C1. The normalized spacial score (nSPS) is 17.6. The topological polar surface area (TPSA) is 83.9 Å². The number of carbonyl (C=O) groups excluding carboxylic acids is 1. The minimum absolute atomic E-state index is 0.210. The van der Waals surface area contributed by atoms with E-state index in [0.29, 0.717) is 24.0 Å². The Kier molecular flexibility index (Phi) is 4.98. The minimum atomic E-state index is 0.210. The molecule has 0 aromatic carbocycles. The minimum Gasteiger partial charge on any atom is -0.342 e. The van der Waals surface area contributed by atoms with E-state index in [-0.39, 0.29) is 11.8 Å². The molecule has 1 N–H and O–H groups in total. The van der Waals surface area contributed by atoms with Gasteiger partial charge in [-0.3, -0.25) is 4.79 Å². The number of hydrogen-bond donors (Lipinski definition) is 1. The molecule has 2 aromatic rings. The van der Waals surface area contributed by atoms with Gasteiger partial charge in [0.1, 0.15) is 11.6 Å². The number of rotatable bonds is 4. The number of aromatic nitrogens is 4. The predicted octanol–water partition coefficient (Wildman–Crippen LogP) is 2.43. The van der Waals surface area contributed by atoms with Crippen LogP contribution in [0.1, 0.15) is 43.6 Å². The maximum Gasteiger partial charge on any atom is 0.228 e. The van der Waals surface area contributed by atoms with Gasteiger partial charge < -0.3 is 10.2 Å². The third-order valence-electron chi connectivity index (χ3n) is 4.16. The fourth-order valence-electron chi connectivity index (χ4n) is 3.01. The lowest BCUT2D eigenvalue weighted by Crippen LogP contribution is -2.39. The second-order valence-electron chi connectivity index (χ2n) is 5.96. The molecule has 1 aliphatic rings.